The summed E-state index contributed by atoms with van der Waals surface area (Å²) in [5.41, 5.74) is 5.10. The fourth-order valence-corrected chi connectivity index (χ4v) is 5.25. The number of benzene rings is 1. The van der Waals surface area contributed by atoms with Crippen molar-refractivity contribution in [2.75, 3.05) is 31.2 Å². The first-order valence-corrected chi connectivity index (χ1v) is 11.8. The van der Waals surface area contributed by atoms with Crippen molar-refractivity contribution < 1.29 is 4.74 Å². The second kappa shape index (κ2) is 8.10. The number of morpholine rings is 1. The molecule has 5 aromatic rings. The number of nitrogens with one attached hydrogen (secondary N) is 1. The number of hydrogen-bond donors (Lipinski definition) is 1. The minimum atomic E-state index is -0.116. The molecule has 0 unspecified atom stereocenters. The second-order valence-electron chi connectivity index (χ2n) is 8.23. The van der Waals surface area contributed by atoms with E-state index < -0.39 is 0 Å². The normalized spacial score (nSPS) is 14.3. The lowest BCUT2D eigenvalue weighted by atomic mass is 9.99. The van der Waals surface area contributed by atoms with E-state index in [1.807, 2.05) is 24.4 Å². The molecule has 0 saturated carbocycles. The van der Waals surface area contributed by atoms with Gasteiger partial charge in [0.15, 0.2) is 0 Å². The fraction of sp³-hybridized carbons (Fsp3) is 0.192. The Labute approximate surface area is 194 Å². The molecule has 0 atom stereocenters. The molecule has 0 radical (unpaired) electrons. The zero-order valence-corrected chi connectivity index (χ0v) is 19.0. The van der Waals surface area contributed by atoms with E-state index in [-0.39, 0.29) is 5.56 Å². The number of ether oxygens (including phenoxy) is 1. The summed E-state index contributed by atoms with van der Waals surface area (Å²) in [4.78, 5) is 29.7. The Morgan fingerprint density at radius 2 is 1.91 bits per heavy atom. The number of rotatable bonds is 3. The van der Waals surface area contributed by atoms with Crippen LogP contribution in [0.1, 0.15) is 4.88 Å². The van der Waals surface area contributed by atoms with Crippen molar-refractivity contribution in [3.63, 3.8) is 0 Å². The quantitative estimate of drug-likeness (QED) is 0.415. The van der Waals surface area contributed by atoms with Gasteiger partial charge in [-0.15, -0.1) is 11.3 Å². The van der Waals surface area contributed by atoms with Crippen molar-refractivity contribution in [3.05, 3.63) is 76.0 Å². The first kappa shape index (κ1) is 20.1. The number of aryl methyl sites for hydroxylation is 1. The van der Waals surface area contributed by atoms with Crippen LogP contribution in [0.15, 0.2) is 65.6 Å². The zero-order valence-electron chi connectivity index (χ0n) is 18.2. The molecule has 1 N–H and O–H groups in total. The van der Waals surface area contributed by atoms with Gasteiger partial charge in [-0.25, -0.2) is 4.98 Å². The highest BCUT2D eigenvalue weighted by Gasteiger charge is 2.18. The third-order valence-electron chi connectivity index (χ3n) is 6.05. The maximum Gasteiger partial charge on any atom is 0.273 e. The highest BCUT2D eigenvalue weighted by molar-refractivity contribution is 7.15. The van der Waals surface area contributed by atoms with Crippen LogP contribution in [0.2, 0.25) is 0 Å². The third kappa shape index (κ3) is 3.69. The van der Waals surface area contributed by atoms with Crippen LogP contribution >= 0.6 is 11.3 Å². The predicted molar refractivity (Wildman–Crippen MR) is 134 cm³/mol. The van der Waals surface area contributed by atoms with E-state index in [1.165, 1.54) is 4.88 Å². The summed E-state index contributed by atoms with van der Waals surface area (Å²) >= 11 is 1.70. The first-order valence-electron chi connectivity index (χ1n) is 11.0. The van der Waals surface area contributed by atoms with E-state index in [9.17, 15) is 4.79 Å². The number of H-pyrrole nitrogens is 1. The Bertz CT molecular complexity index is 1550. The summed E-state index contributed by atoms with van der Waals surface area (Å²) < 4.78 is 5.46. The number of anilines is 1. The number of pyridine rings is 3. The highest BCUT2D eigenvalue weighted by atomic mass is 32.1. The molecule has 0 amide bonds. The molecule has 1 aliphatic heterocycles. The first-order chi connectivity index (χ1) is 16.2. The number of thiophene rings is 1. The van der Waals surface area contributed by atoms with E-state index in [0.29, 0.717) is 37.6 Å². The van der Waals surface area contributed by atoms with E-state index in [4.69, 9.17) is 9.72 Å². The van der Waals surface area contributed by atoms with E-state index in [1.54, 1.807) is 11.3 Å². The number of aromatic nitrogens is 3. The van der Waals surface area contributed by atoms with Crippen LogP contribution in [0.3, 0.4) is 0 Å². The number of fused-ring (bicyclic) bond motifs is 2. The summed E-state index contributed by atoms with van der Waals surface area (Å²) in [5.74, 6) is 0. The Morgan fingerprint density at radius 3 is 2.73 bits per heavy atom. The van der Waals surface area contributed by atoms with Crippen LogP contribution in [0.4, 0.5) is 5.69 Å². The molecule has 1 aliphatic rings. The maximum atomic E-state index is 12.9. The molecule has 4 aromatic heterocycles. The number of nitrogens with zero attached hydrogens (tertiary/aromatic N) is 3. The van der Waals surface area contributed by atoms with Gasteiger partial charge in [0, 0.05) is 40.5 Å². The van der Waals surface area contributed by atoms with Crippen LogP contribution in [-0.2, 0) is 4.74 Å². The van der Waals surface area contributed by atoms with E-state index in [0.717, 1.165) is 38.0 Å². The van der Waals surface area contributed by atoms with Gasteiger partial charge >= 0.3 is 0 Å². The van der Waals surface area contributed by atoms with Crippen molar-refractivity contribution in [1.82, 2.24) is 15.0 Å². The van der Waals surface area contributed by atoms with Gasteiger partial charge in [-0.3, -0.25) is 9.78 Å². The molecular formula is C26H22N4O2S. The maximum absolute atomic E-state index is 12.9. The molecule has 5 heterocycles. The minimum Gasteiger partial charge on any atom is -0.378 e. The molecule has 7 heteroatoms. The van der Waals surface area contributed by atoms with Crippen molar-refractivity contribution >= 4 is 39.0 Å². The Kier molecular flexibility index (Phi) is 4.93. The molecule has 1 fully saturated rings. The van der Waals surface area contributed by atoms with Gasteiger partial charge in [-0.1, -0.05) is 12.1 Å². The molecule has 0 spiro atoms. The molecule has 0 bridgehead atoms. The van der Waals surface area contributed by atoms with E-state index >= 15 is 0 Å². The number of hydrogen-bond acceptors (Lipinski definition) is 6. The Hall–Kier alpha value is -3.55. The molecule has 0 aliphatic carbocycles. The van der Waals surface area contributed by atoms with Crippen LogP contribution in [0, 0.1) is 6.92 Å². The van der Waals surface area contributed by atoms with Crippen molar-refractivity contribution in [2.45, 2.75) is 6.92 Å². The Balaban J connectivity index is 1.58. The summed E-state index contributed by atoms with van der Waals surface area (Å²) in [5, 5.41) is 1.99. The number of aromatic amines is 1. The summed E-state index contributed by atoms with van der Waals surface area (Å²) in [6.07, 6.45) is 1.81. The van der Waals surface area contributed by atoms with Gasteiger partial charge in [0.25, 0.3) is 5.56 Å². The van der Waals surface area contributed by atoms with Gasteiger partial charge in [0.1, 0.15) is 11.3 Å². The van der Waals surface area contributed by atoms with Crippen LogP contribution in [0.25, 0.3) is 43.6 Å². The van der Waals surface area contributed by atoms with Gasteiger partial charge in [0.05, 0.1) is 29.3 Å². The minimum absolute atomic E-state index is 0.116. The van der Waals surface area contributed by atoms with Gasteiger partial charge in [0.2, 0.25) is 0 Å². The van der Waals surface area contributed by atoms with Crippen molar-refractivity contribution in [2.24, 2.45) is 0 Å². The molecule has 6 rings (SSSR count). The average molecular weight is 455 g/mol. The molecule has 1 saturated heterocycles. The molecular weight excluding hydrogens is 432 g/mol. The van der Waals surface area contributed by atoms with E-state index in [2.05, 4.69) is 58.2 Å². The Morgan fingerprint density at radius 1 is 1.03 bits per heavy atom. The third-order valence-corrected chi connectivity index (χ3v) is 7.06. The lowest BCUT2D eigenvalue weighted by molar-refractivity contribution is 0.122. The SMILES string of the molecule is Cc1ccc(-c2nc3[nH]c(=O)c(N4CCOCC4)cc3cc2-c2ccc3ncccc3c2)s1. The summed E-state index contributed by atoms with van der Waals surface area (Å²) in [6, 6.07) is 18.6. The second-order valence-corrected chi connectivity index (χ2v) is 9.51. The lowest BCUT2D eigenvalue weighted by Crippen LogP contribution is -2.39. The average Bonchev–Trinajstić information content (AvgIpc) is 3.29. The molecule has 33 heavy (non-hydrogen) atoms. The van der Waals surface area contributed by atoms with Crippen LogP contribution in [0.5, 0.6) is 0 Å². The largest absolute Gasteiger partial charge is 0.378 e. The van der Waals surface area contributed by atoms with Crippen LogP contribution < -0.4 is 10.5 Å². The van der Waals surface area contributed by atoms with Crippen molar-refractivity contribution in [3.8, 4) is 21.7 Å². The highest BCUT2D eigenvalue weighted by Crippen LogP contribution is 2.37. The summed E-state index contributed by atoms with van der Waals surface area (Å²) in [7, 11) is 0. The van der Waals surface area contributed by atoms with Gasteiger partial charge < -0.3 is 14.6 Å². The predicted octanol–water partition coefficient (Wildman–Crippen LogP) is 5.01. The van der Waals surface area contributed by atoms with Crippen LogP contribution in [-0.4, -0.2) is 41.3 Å². The lowest BCUT2D eigenvalue weighted by Gasteiger charge is -2.28. The monoisotopic (exact) mass is 454 g/mol. The summed E-state index contributed by atoms with van der Waals surface area (Å²) in [6.45, 7) is 4.76. The fourth-order valence-electron chi connectivity index (χ4n) is 4.38. The molecule has 164 valence electrons. The molecule has 1 aromatic carbocycles. The van der Waals surface area contributed by atoms with Crippen molar-refractivity contribution in [1.29, 1.82) is 0 Å². The van der Waals surface area contributed by atoms with Gasteiger partial charge in [-0.2, -0.15) is 0 Å². The molecule has 6 nitrogen and oxygen atoms in total. The smallest absolute Gasteiger partial charge is 0.273 e. The zero-order chi connectivity index (χ0) is 22.4. The standard InChI is InChI=1S/C26H22N4O2S/c1-16-4-7-23(33-16)24-20(17-5-6-21-18(13-17)3-2-8-27-21)14-19-15-22(26(31)29-25(19)28-24)30-9-11-32-12-10-30/h2-8,13-15H,9-12H2,1H3,(H,28,29,31). The van der Waals surface area contributed by atoms with Gasteiger partial charge in [-0.05, 0) is 55.0 Å². The topological polar surface area (TPSA) is 71.1 Å².